The molecule has 0 aromatic carbocycles. The normalized spacial score (nSPS) is 18.9. The number of esters is 1. The second-order valence-corrected chi connectivity index (χ2v) is 8.92. The van der Waals surface area contributed by atoms with Gasteiger partial charge in [-0.2, -0.15) is 0 Å². The number of guanidine groups is 1. The fraction of sp³-hybridized carbons (Fsp3) is 0.818. The molecule has 1 fully saturated rings. The summed E-state index contributed by atoms with van der Waals surface area (Å²) in [6.45, 7) is 13.5. The molecule has 0 unspecified atom stereocenters. The number of hydrogen-bond acceptors (Lipinski definition) is 7. The molecular formula is C22H42N6O7. The molecule has 0 spiro atoms. The third-order valence-electron chi connectivity index (χ3n) is 4.86. The zero-order chi connectivity index (χ0) is 27.2. The standard InChI is InChI=1S/C20H36N6O7.C2H6/c1-6-32-17(28)15-12-13(2)9-11-25(15)16(27)14(23-19(29)33-20(3,4)5)8-7-10-22-18(21)24-26(30)31;1-2/h13-15H,6-12H2,1-5H3,(H,23,29)(H3,21,22,24);1-2H3/t13-,14+,15-;/m1./s1. The van der Waals surface area contributed by atoms with Gasteiger partial charge in [0, 0.05) is 13.1 Å². The first-order valence-electron chi connectivity index (χ1n) is 12.0. The second-order valence-electron chi connectivity index (χ2n) is 8.92. The van der Waals surface area contributed by atoms with E-state index in [0.29, 0.717) is 19.4 Å². The van der Waals surface area contributed by atoms with Crippen molar-refractivity contribution in [3.8, 4) is 0 Å². The summed E-state index contributed by atoms with van der Waals surface area (Å²) in [7, 11) is 0. The van der Waals surface area contributed by atoms with Gasteiger partial charge in [-0.3, -0.25) is 4.79 Å². The highest BCUT2D eigenvalue weighted by Gasteiger charge is 2.39. The van der Waals surface area contributed by atoms with Gasteiger partial charge in [-0.1, -0.05) is 20.8 Å². The fourth-order valence-electron chi connectivity index (χ4n) is 3.42. The predicted octanol–water partition coefficient (Wildman–Crippen LogP) is 1.97. The van der Waals surface area contributed by atoms with Crippen LogP contribution >= 0.6 is 0 Å². The van der Waals surface area contributed by atoms with Crippen molar-refractivity contribution in [3.63, 3.8) is 0 Å². The van der Waals surface area contributed by atoms with Gasteiger partial charge >= 0.3 is 12.1 Å². The van der Waals surface area contributed by atoms with Crippen molar-refractivity contribution in [2.45, 2.75) is 91.8 Å². The summed E-state index contributed by atoms with van der Waals surface area (Å²) in [6, 6.07) is -1.70. The van der Waals surface area contributed by atoms with Crippen molar-refractivity contribution in [3.05, 3.63) is 10.1 Å². The van der Waals surface area contributed by atoms with E-state index in [2.05, 4.69) is 15.7 Å². The van der Waals surface area contributed by atoms with Gasteiger partial charge in [-0.15, -0.1) is 0 Å². The maximum atomic E-state index is 13.4. The number of hydrogen-bond donors (Lipinski definition) is 3. The summed E-state index contributed by atoms with van der Waals surface area (Å²) in [5.41, 5.74) is 4.63. The van der Waals surface area contributed by atoms with Gasteiger partial charge in [-0.25, -0.2) is 19.7 Å². The molecule has 0 aliphatic carbocycles. The van der Waals surface area contributed by atoms with E-state index in [9.17, 15) is 24.5 Å². The number of carbonyl (C=O) groups excluding carboxylic acids is 3. The van der Waals surface area contributed by atoms with Crippen molar-refractivity contribution < 1.29 is 28.9 Å². The van der Waals surface area contributed by atoms with E-state index in [4.69, 9.17) is 15.2 Å². The average molecular weight is 503 g/mol. The van der Waals surface area contributed by atoms with Gasteiger partial charge in [0.15, 0.2) is 5.03 Å². The molecule has 0 bridgehead atoms. The van der Waals surface area contributed by atoms with Crippen molar-refractivity contribution in [1.29, 1.82) is 0 Å². The molecule has 1 aliphatic rings. The molecule has 0 saturated carbocycles. The lowest BCUT2D eigenvalue weighted by atomic mass is 9.91. The zero-order valence-electron chi connectivity index (χ0n) is 22.0. The number of hydrazone groups is 1. The summed E-state index contributed by atoms with van der Waals surface area (Å²) in [5, 5.41) is 17.5. The topological polar surface area (TPSA) is 178 Å². The van der Waals surface area contributed by atoms with E-state index < -0.39 is 40.7 Å². The molecule has 2 amide bonds. The summed E-state index contributed by atoms with van der Waals surface area (Å²) in [5.74, 6) is -1.01. The predicted molar refractivity (Wildman–Crippen MR) is 131 cm³/mol. The number of ether oxygens (including phenoxy) is 2. The molecule has 13 nitrogen and oxygen atoms in total. The Morgan fingerprint density at radius 1 is 1.29 bits per heavy atom. The van der Waals surface area contributed by atoms with Crippen LogP contribution in [0.25, 0.3) is 0 Å². The number of carbonyl (C=O) groups is 3. The Bertz CT molecular complexity index is 738. The van der Waals surface area contributed by atoms with E-state index in [-0.39, 0.29) is 31.4 Å². The Hall–Kier alpha value is -3.12. The Kier molecular flexibility index (Phi) is 14.3. The monoisotopic (exact) mass is 502 g/mol. The molecule has 202 valence electrons. The van der Waals surface area contributed by atoms with Crippen LogP contribution in [0.15, 0.2) is 5.10 Å². The third-order valence-corrected chi connectivity index (χ3v) is 4.86. The van der Waals surface area contributed by atoms with Gasteiger partial charge in [0.05, 0.1) is 6.61 Å². The number of piperidine rings is 1. The number of amides is 2. The highest BCUT2D eigenvalue weighted by molar-refractivity contribution is 5.90. The van der Waals surface area contributed by atoms with Crippen LogP contribution in [0.3, 0.4) is 0 Å². The van der Waals surface area contributed by atoms with Gasteiger partial charge in [-0.05, 0) is 59.3 Å². The van der Waals surface area contributed by atoms with Crippen LogP contribution < -0.4 is 16.4 Å². The lowest BCUT2D eigenvalue weighted by Crippen LogP contribution is -2.57. The Morgan fingerprint density at radius 2 is 1.91 bits per heavy atom. The maximum Gasteiger partial charge on any atom is 0.408 e. The molecule has 13 heteroatoms. The lowest BCUT2D eigenvalue weighted by Gasteiger charge is -2.38. The van der Waals surface area contributed by atoms with Gasteiger partial charge in [0.2, 0.25) is 5.91 Å². The van der Waals surface area contributed by atoms with Crippen LogP contribution in [0.5, 0.6) is 0 Å². The Morgan fingerprint density at radius 3 is 2.46 bits per heavy atom. The summed E-state index contributed by atoms with van der Waals surface area (Å²) in [4.78, 5) is 50.1. The van der Waals surface area contributed by atoms with Crippen LogP contribution in [0.2, 0.25) is 0 Å². The molecule has 0 aromatic heterocycles. The Balaban J connectivity index is 0.00000562. The molecule has 4 N–H and O–H groups in total. The fourth-order valence-corrected chi connectivity index (χ4v) is 3.42. The molecule has 1 aliphatic heterocycles. The zero-order valence-corrected chi connectivity index (χ0v) is 22.0. The summed E-state index contributed by atoms with van der Waals surface area (Å²) < 4.78 is 10.4. The van der Waals surface area contributed by atoms with E-state index in [1.54, 1.807) is 27.7 Å². The molecule has 0 radical (unpaired) electrons. The summed E-state index contributed by atoms with van der Waals surface area (Å²) >= 11 is 0. The van der Waals surface area contributed by atoms with Crippen molar-refractivity contribution in [2.24, 2.45) is 16.8 Å². The number of nitrogens with one attached hydrogen (secondary N) is 2. The number of likely N-dealkylation sites (tertiary alicyclic amines) is 1. The number of rotatable bonds is 9. The maximum absolute atomic E-state index is 13.4. The van der Waals surface area contributed by atoms with Crippen LogP contribution in [0.1, 0.15) is 74.1 Å². The number of alkyl carbamates (subject to hydrolysis) is 1. The average Bonchev–Trinajstić information content (AvgIpc) is 2.75. The number of nitrogens with two attached hydrogens (primary N) is 1. The number of nitro groups is 1. The third kappa shape index (κ3) is 12.8. The lowest BCUT2D eigenvalue weighted by molar-refractivity contribution is -0.485. The highest BCUT2D eigenvalue weighted by atomic mass is 16.7. The van der Waals surface area contributed by atoms with E-state index in [0.717, 1.165) is 6.42 Å². The quantitative estimate of drug-likeness (QED) is 0.106. The van der Waals surface area contributed by atoms with Crippen LogP contribution in [0.4, 0.5) is 4.79 Å². The minimum atomic E-state index is -0.972. The smallest absolute Gasteiger partial charge is 0.408 e. The van der Waals surface area contributed by atoms with Crippen molar-refractivity contribution in [1.82, 2.24) is 15.5 Å². The highest BCUT2D eigenvalue weighted by Crippen LogP contribution is 2.25. The SMILES string of the molecule is CC.CCOC(=O)[C@H]1C[C@H](C)CCN1C(=O)[C@H](CCCN/C(N)=N/[N+](=O)[O-])NC(=O)OC(C)(C)C. The van der Waals surface area contributed by atoms with Crippen LogP contribution in [-0.4, -0.2) is 71.2 Å². The molecular weight excluding hydrogens is 460 g/mol. The largest absolute Gasteiger partial charge is 0.464 e. The van der Waals surface area contributed by atoms with Gasteiger partial charge in [0.1, 0.15) is 22.8 Å². The number of nitrogens with zero attached hydrogens (tertiary/aromatic N) is 3. The molecule has 1 heterocycles. The second kappa shape index (κ2) is 15.7. The first-order valence-corrected chi connectivity index (χ1v) is 12.0. The minimum Gasteiger partial charge on any atom is -0.464 e. The Labute approximate surface area is 207 Å². The van der Waals surface area contributed by atoms with Crippen molar-refractivity contribution >= 4 is 23.9 Å². The van der Waals surface area contributed by atoms with Gasteiger partial charge < -0.3 is 30.7 Å². The summed E-state index contributed by atoms with van der Waals surface area (Å²) in [6.07, 6.45) is 0.934. The first kappa shape index (κ1) is 31.9. The van der Waals surface area contributed by atoms with Crippen LogP contribution in [-0.2, 0) is 19.1 Å². The molecule has 35 heavy (non-hydrogen) atoms. The minimum absolute atomic E-state index is 0.179. The molecule has 1 rings (SSSR count). The van der Waals surface area contributed by atoms with Gasteiger partial charge in [0.25, 0.3) is 5.96 Å². The molecule has 3 atom stereocenters. The molecule has 1 saturated heterocycles. The van der Waals surface area contributed by atoms with Crippen molar-refractivity contribution in [2.75, 3.05) is 19.7 Å². The van der Waals surface area contributed by atoms with E-state index in [1.165, 1.54) is 4.90 Å². The van der Waals surface area contributed by atoms with E-state index in [1.807, 2.05) is 20.8 Å². The molecule has 0 aromatic rings. The first-order chi connectivity index (χ1) is 16.3. The van der Waals surface area contributed by atoms with Crippen LogP contribution in [0, 0.1) is 16.0 Å². The van der Waals surface area contributed by atoms with E-state index >= 15 is 0 Å².